The number of nitrogens with zero attached hydrogens (tertiary/aromatic N) is 3. The Labute approximate surface area is 209 Å². The van der Waals surface area contributed by atoms with Gasteiger partial charge in [0, 0.05) is 57.5 Å². The summed E-state index contributed by atoms with van der Waals surface area (Å²) in [5.41, 5.74) is 1.26. The predicted octanol–water partition coefficient (Wildman–Crippen LogP) is 5.34. The molecule has 0 N–H and O–H groups in total. The molecule has 35 heavy (non-hydrogen) atoms. The summed E-state index contributed by atoms with van der Waals surface area (Å²) in [6, 6.07) is 3.53. The maximum absolute atomic E-state index is 12.6. The van der Waals surface area contributed by atoms with Crippen LogP contribution in [0.4, 0.5) is 0 Å². The molecule has 4 heterocycles. The number of furan rings is 1. The minimum atomic E-state index is -0.0637. The Morgan fingerprint density at radius 2 is 1.71 bits per heavy atom. The van der Waals surface area contributed by atoms with E-state index in [-0.39, 0.29) is 17.6 Å². The largest absolute Gasteiger partial charge is 0.451 e. The van der Waals surface area contributed by atoms with Crippen molar-refractivity contribution in [3.63, 3.8) is 0 Å². The van der Waals surface area contributed by atoms with E-state index in [1.807, 2.05) is 24.8 Å². The lowest BCUT2D eigenvalue weighted by atomic mass is 9.88. The first-order chi connectivity index (χ1) is 16.8. The molecule has 2 aliphatic heterocycles. The minimum Gasteiger partial charge on any atom is -0.451 e. The van der Waals surface area contributed by atoms with Gasteiger partial charge in [-0.1, -0.05) is 27.2 Å². The Balaban J connectivity index is 0.000000207. The van der Waals surface area contributed by atoms with Crippen LogP contribution in [0.2, 0.25) is 0 Å². The Morgan fingerprint density at radius 1 is 1.06 bits per heavy atom. The van der Waals surface area contributed by atoms with Gasteiger partial charge >= 0.3 is 0 Å². The molecule has 3 fully saturated rings. The summed E-state index contributed by atoms with van der Waals surface area (Å²) < 4.78 is 5.22. The third-order valence-electron chi connectivity index (χ3n) is 7.88. The summed E-state index contributed by atoms with van der Waals surface area (Å²) >= 11 is 0. The number of carbonyl (C=O) groups excluding carboxylic acids is 3. The van der Waals surface area contributed by atoms with Crippen LogP contribution >= 0.6 is 0 Å². The van der Waals surface area contributed by atoms with Gasteiger partial charge in [0.05, 0.1) is 6.20 Å². The molecule has 7 heteroatoms. The van der Waals surface area contributed by atoms with Crippen LogP contribution in [0.5, 0.6) is 0 Å². The SMILES string of the molecule is CC.CC(=O)c1cc2ccncc2o1.CCC1CC12CCN(C(=O)C1CCN(C(C)=O)CC1)CC2. The Morgan fingerprint density at radius 3 is 2.23 bits per heavy atom. The van der Waals surface area contributed by atoms with E-state index in [4.69, 9.17) is 4.42 Å². The van der Waals surface area contributed by atoms with E-state index in [1.165, 1.54) is 32.6 Å². The van der Waals surface area contributed by atoms with E-state index < -0.39 is 0 Å². The third kappa shape index (κ3) is 6.30. The monoisotopic (exact) mass is 483 g/mol. The zero-order valence-electron chi connectivity index (χ0n) is 22.0. The van der Waals surface area contributed by atoms with Gasteiger partial charge in [-0.05, 0) is 55.6 Å². The first-order valence-corrected chi connectivity index (χ1v) is 13.2. The number of pyridine rings is 1. The second-order valence-electron chi connectivity index (χ2n) is 9.86. The van der Waals surface area contributed by atoms with Crippen molar-refractivity contribution in [1.29, 1.82) is 0 Å². The molecule has 2 aromatic rings. The number of ketones is 1. The fraction of sp³-hybridized carbons (Fsp3) is 0.643. The number of Topliss-reactive ketones (excluding diaryl/α,β-unsaturated/α-hetero) is 1. The number of hydrogen-bond donors (Lipinski definition) is 0. The van der Waals surface area contributed by atoms with Crippen molar-refractivity contribution in [2.45, 2.75) is 73.1 Å². The maximum atomic E-state index is 12.6. The standard InChI is InChI=1S/C17H28N2O2.C9H7NO2.C2H6/c1-3-15-12-17(15)6-10-19(11-7-17)16(21)14-4-8-18(9-5-14)13(2)20;1-6(11)8-4-7-2-3-10-5-9(7)12-8;1-2/h14-15H,3-12H2,1-2H3;2-5H,1H3;1-2H3. The van der Waals surface area contributed by atoms with E-state index in [1.54, 1.807) is 25.4 Å². The number of aromatic nitrogens is 1. The van der Waals surface area contributed by atoms with Gasteiger partial charge in [0.2, 0.25) is 11.8 Å². The van der Waals surface area contributed by atoms with Crippen LogP contribution in [0.1, 0.15) is 83.7 Å². The molecule has 1 unspecified atom stereocenters. The fourth-order valence-corrected chi connectivity index (χ4v) is 5.55. The number of carbonyl (C=O) groups is 3. The molecule has 1 spiro atoms. The van der Waals surface area contributed by atoms with E-state index in [9.17, 15) is 14.4 Å². The van der Waals surface area contributed by atoms with Gasteiger partial charge < -0.3 is 14.2 Å². The van der Waals surface area contributed by atoms with Crippen LogP contribution in [0, 0.1) is 17.3 Å². The average molecular weight is 484 g/mol. The minimum absolute atomic E-state index is 0.0637. The number of rotatable bonds is 3. The number of hydrogen-bond acceptors (Lipinski definition) is 5. The Kier molecular flexibility index (Phi) is 9.09. The van der Waals surface area contributed by atoms with Crippen molar-refractivity contribution in [2.75, 3.05) is 26.2 Å². The van der Waals surface area contributed by atoms with Gasteiger partial charge in [0.25, 0.3) is 0 Å². The van der Waals surface area contributed by atoms with Crippen molar-refractivity contribution < 1.29 is 18.8 Å². The Bertz CT molecular complexity index is 981. The second kappa shape index (κ2) is 11.8. The molecule has 0 radical (unpaired) electrons. The molecule has 1 aliphatic carbocycles. The summed E-state index contributed by atoms with van der Waals surface area (Å²) in [5, 5.41) is 0.912. The van der Waals surface area contributed by atoms with Crippen LogP contribution in [0.3, 0.4) is 0 Å². The highest BCUT2D eigenvalue weighted by Crippen LogP contribution is 2.60. The highest BCUT2D eigenvalue weighted by atomic mass is 16.3. The fourth-order valence-electron chi connectivity index (χ4n) is 5.55. The number of piperidine rings is 2. The lowest BCUT2D eigenvalue weighted by Gasteiger charge is -2.37. The van der Waals surface area contributed by atoms with E-state index >= 15 is 0 Å². The van der Waals surface area contributed by atoms with Crippen molar-refractivity contribution >= 4 is 28.6 Å². The molecule has 2 saturated heterocycles. The number of fused-ring (bicyclic) bond motifs is 1. The molecular weight excluding hydrogens is 442 g/mol. The van der Waals surface area contributed by atoms with Crippen molar-refractivity contribution in [3.8, 4) is 0 Å². The summed E-state index contributed by atoms with van der Waals surface area (Å²) in [5.74, 6) is 1.88. The van der Waals surface area contributed by atoms with Crippen LogP contribution in [-0.4, -0.2) is 58.6 Å². The van der Waals surface area contributed by atoms with Gasteiger partial charge in [-0.3, -0.25) is 19.4 Å². The Hall–Kier alpha value is -2.70. The van der Waals surface area contributed by atoms with Gasteiger partial charge in [0.1, 0.15) is 0 Å². The van der Waals surface area contributed by atoms with Crippen molar-refractivity contribution in [3.05, 3.63) is 30.3 Å². The van der Waals surface area contributed by atoms with Crippen LogP contribution in [0.25, 0.3) is 11.0 Å². The molecule has 192 valence electrons. The second-order valence-corrected chi connectivity index (χ2v) is 9.86. The van der Waals surface area contributed by atoms with Crippen LogP contribution in [0.15, 0.2) is 28.9 Å². The predicted molar refractivity (Wildman–Crippen MR) is 137 cm³/mol. The average Bonchev–Trinajstić information content (AvgIpc) is 3.37. The molecule has 7 nitrogen and oxygen atoms in total. The maximum Gasteiger partial charge on any atom is 0.225 e. The molecule has 0 aromatic carbocycles. The lowest BCUT2D eigenvalue weighted by molar-refractivity contribution is -0.141. The molecule has 3 aliphatic rings. The summed E-state index contributed by atoms with van der Waals surface area (Å²) in [7, 11) is 0. The topological polar surface area (TPSA) is 83.7 Å². The van der Waals surface area contributed by atoms with Crippen LogP contribution < -0.4 is 0 Å². The highest BCUT2D eigenvalue weighted by Gasteiger charge is 2.53. The quantitative estimate of drug-likeness (QED) is 0.550. The molecule has 2 aromatic heterocycles. The van der Waals surface area contributed by atoms with Crippen molar-refractivity contribution in [1.82, 2.24) is 14.8 Å². The van der Waals surface area contributed by atoms with Gasteiger partial charge in [-0.2, -0.15) is 0 Å². The number of likely N-dealkylation sites (tertiary alicyclic amines) is 2. The first-order valence-electron chi connectivity index (χ1n) is 13.2. The molecular formula is C28H41N3O4. The zero-order chi connectivity index (χ0) is 25.6. The smallest absolute Gasteiger partial charge is 0.225 e. The third-order valence-corrected chi connectivity index (χ3v) is 7.88. The van der Waals surface area contributed by atoms with Crippen LogP contribution in [-0.2, 0) is 9.59 Å². The number of amides is 2. The highest BCUT2D eigenvalue weighted by molar-refractivity contribution is 5.95. The summed E-state index contributed by atoms with van der Waals surface area (Å²) in [6.45, 7) is 12.8. The lowest BCUT2D eigenvalue weighted by Crippen LogP contribution is -2.46. The first kappa shape index (κ1) is 26.9. The molecule has 2 amide bonds. The van der Waals surface area contributed by atoms with Crippen molar-refractivity contribution in [2.24, 2.45) is 17.3 Å². The zero-order valence-corrected chi connectivity index (χ0v) is 22.0. The molecule has 5 rings (SSSR count). The van der Waals surface area contributed by atoms with Gasteiger partial charge in [0.15, 0.2) is 17.1 Å². The summed E-state index contributed by atoms with van der Waals surface area (Å²) in [6.07, 6.45) is 10.1. The van der Waals surface area contributed by atoms with Gasteiger partial charge in [-0.15, -0.1) is 0 Å². The molecule has 1 saturated carbocycles. The van der Waals surface area contributed by atoms with E-state index in [0.717, 1.165) is 50.3 Å². The molecule has 1 atom stereocenters. The molecule has 0 bridgehead atoms. The normalized spacial score (nSPS) is 21.0. The van der Waals surface area contributed by atoms with Gasteiger partial charge in [-0.25, -0.2) is 0 Å². The summed E-state index contributed by atoms with van der Waals surface area (Å²) in [4.78, 5) is 42.7. The van der Waals surface area contributed by atoms with E-state index in [0.29, 0.717) is 22.7 Å². The van der Waals surface area contributed by atoms with E-state index in [2.05, 4.69) is 16.8 Å².